The molecule has 23 heavy (non-hydrogen) atoms. The first-order chi connectivity index (χ1) is 10.9. The van der Waals surface area contributed by atoms with Gasteiger partial charge >= 0.3 is 5.97 Å². The first-order valence-electron chi connectivity index (χ1n) is 6.23. The molecule has 1 aromatic heterocycles. The molecule has 0 fully saturated rings. The number of nitrogens with zero attached hydrogens (tertiary/aromatic N) is 2. The van der Waals surface area contributed by atoms with Gasteiger partial charge in [-0.15, -0.1) is 0 Å². The van der Waals surface area contributed by atoms with Gasteiger partial charge in [0, 0.05) is 16.6 Å². The molecule has 1 N–H and O–H groups in total. The molecular weight excluding hydrogens is 370 g/mol. The number of nitro groups is 1. The summed E-state index contributed by atoms with van der Waals surface area (Å²) in [5.41, 5.74) is 0.243. The van der Waals surface area contributed by atoms with E-state index < -0.39 is 16.8 Å². The molecule has 0 spiro atoms. The van der Waals surface area contributed by atoms with Crippen LogP contribution in [0, 0.1) is 10.1 Å². The summed E-state index contributed by atoms with van der Waals surface area (Å²) in [5.74, 6) is -1.22. The highest BCUT2D eigenvalue weighted by molar-refractivity contribution is 9.10. The lowest BCUT2D eigenvalue weighted by Crippen LogP contribution is -2.16. The third kappa shape index (κ3) is 3.89. The van der Waals surface area contributed by atoms with E-state index in [1.807, 2.05) is 0 Å². The average molecular weight is 380 g/mol. The Morgan fingerprint density at radius 1 is 1.26 bits per heavy atom. The first kappa shape index (κ1) is 16.6. The number of hydrogen-bond acceptors (Lipinski definition) is 6. The van der Waals surface area contributed by atoms with Gasteiger partial charge in [-0.1, -0.05) is 6.07 Å². The fourth-order valence-electron chi connectivity index (χ4n) is 1.68. The second-order valence-electron chi connectivity index (χ2n) is 4.28. The number of carbonyl (C=O) groups is 2. The molecular formula is C14H10BrN3O5. The van der Waals surface area contributed by atoms with E-state index in [2.05, 4.69) is 31.0 Å². The number of halogens is 1. The summed E-state index contributed by atoms with van der Waals surface area (Å²) in [5, 5.41) is 13.2. The van der Waals surface area contributed by atoms with E-state index in [1.165, 1.54) is 43.5 Å². The number of benzene rings is 1. The first-order valence-corrected chi connectivity index (χ1v) is 7.02. The summed E-state index contributed by atoms with van der Waals surface area (Å²) in [6.45, 7) is 0. The second kappa shape index (κ2) is 6.97. The number of anilines is 1. The normalized spacial score (nSPS) is 10.0. The Kier molecular flexibility index (Phi) is 5.02. The van der Waals surface area contributed by atoms with Crippen LogP contribution >= 0.6 is 15.9 Å². The summed E-state index contributed by atoms with van der Waals surface area (Å²) in [4.78, 5) is 37.6. The molecule has 8 nitrogen and oxygen atoms in total. The highest BCUT2D eigenvalue weighted by Crippen LogP contribution is 2.27. The molecule has 1 heterocycles. The van der Waals surface area contributed by atoms with Gasteiger partial charge in [0.25, 0.3) is 11.6 Å². The average Bonchev–Trinajstić information content (AvgIpc) is 2.55. The zero-order valence-corrected chi connectivity index (χ0v) is 13.4. The van der Waals surface area contributed by atoms with Crippen LogP contribution in [0.5, 0.6) is 0 Å². The van der Waals surface area contributed by atoms with Crippen molar-refractivity contribution >= 4 is 39.2 Å². The Balaban J connectivity index is 2.22. The number of esters is 1. The zero-order chi connectivity index (χ0) is 17.0. The van der Waals surface area contributed by atoms with Crippen LogP contribution in [-0.4, -0.2) is 28.9 Å². The van der Waals surface area contributed by atoms with Crippen LogP contribution in [0.3, 0.4) is 0 Å². The minimum atomic E-state index is -0.656. The molecule has 2 rings (SSSR count). The number of rotatable bonds is 4. The van der Waals surface area contributed by atoms with Gasteiger partial charge in [-0.2, -0.15) is 0 Å². The van der Waals surface area contributed by atoms with E-state index >= 15 is 0 Å². The van der Waals surface area contributed by atoms with E-state index in [0.717, 1.165) is 0 Å². The Morgan fingerprint density at radius 3 is 2.57 bits per heavy atom. The minimum absolute atomic E-state index is 0.00270. The second-order valence-corrected chi connectivity index (χ2v) is 5.13. The van der Waals surface area contributed by atoms with E-state index in [-0.39, 0.29) is 17.1 Å². The van der Waals surface area contributed by atoms with Crippen molar-refractivity contribution in [3.63, 3.8) is 0 Å². The van der Waals surface area contributed by atoms with Crippen LogP contribution in [0.25, 0.3) is 0 Å². The monoisotopic (exact) mass is 379 g/mol. The summed E-state index contributed by atoms with van der Waals surface area (Å²) < 4.78 is 4.89. The predicted octanol–water partition coefficient (Wildman–Crippen LogP) is 2.79. The lowest BCUT2D eigenvalue weighted by atomic mass is 10.2. The number of hydrogen-bond donors (Lipinski definition) is 1. The highest BCUT2D eigenvalue weighted by Gasteiger charge is 2.15. The summed E-state index contributed by atoms with van der Waals surface area (Å²) in [6.07, 6.45) is 0. The maximum atomic E-state index is 12.2. The van der Waals surface area contributed by atoms with Gasteiger partial charge in [0.05, 0.1) is 17.7 Å². The maximum absolute atomic E-state index is 12.2. The number of nitrogens with one attached hydrogen (secondary N) is 1. The van der Waals surface area contributed by atoms with E-state index in [0.29, 0.717) is 10.2 Å². The van der Waals surface area contributed by atoms with Gasteiger partial charge in [-0.3, -0.25) is 14.9 Å². The molecule has 0 saturated carbocycles. The fraction of sp³-hybridized carbons (Fsp3) is 0.0714. The number of carbonyl (C=O) groups excluding carboxylic acids is 2. The lowest BCUT2D eigenvalue weighted by molar-refractivity contribution is -0.384. The molecule has 9 heteroatoms. The molecule has 0 aliphatic heterocycles. The largest absolute Gasteiger partial charge is 0.464 e. The third-order valence-electron chi connectivity index (χ3n) is 2.79. The number of ether oxygens (including phenoxy) is 1. The summed E-state index contributed by atoms with van der Waals surface area (Å²) in [6, 6.07) is 8.28. The molecule has 1 amide bonds. The maximum Gasteiger partial charge on any atom is 0.356 e. The van der Waals surface area contributed by atoms with Gasteiger partial charge in [-0.25, -0.2) is 9.78 Å². The number of amides is 1. The van der Waals surface area contributed by atoms with Crippen LogP contribution in [0.15, 0.2) is 40.9 Å². The van der Waals surface area contributed by atoms with Crippen molar-refractivity contribution in [2.75, 3.05) is 12.4 Å². The number of methoxy groups -OCH3 is 1. The van der Waals surface area contributed by atoms with Crippen molar-refractivity contribution in [2.45, 2.75) is 0 Å². The molecule has 0 aliphatic carbocycles. The van der Waals surface area contributed by atoms with Crippen molar-refractivity contribution in [1.82, 2.24) is 4.98 Å². The zero-order valence-electron chi connectivity index (χ0n) is 11.8. The van der Waals surface area contributed by atoms with E-state index in [9.17, 15) is 19.7 Å². The van der Waals surface area contributed by atoms with E-state index in [1.54, 1.807) is 0 Å². The third-order valence-corrected chi connectivity index (χ3v) is 3.44. The lowest BCUT2D eigenvalue weighted by Gasteiger charge is -2.07. The fourth-order valence-corrected chi connectivity index (χ4v) is 2.15. The van der Waals surface area contributed by atoms with Crippen molar-refractivity contribution < 1.29 is 19.2 Å². The van der Waals surface area contributed by atoms with Gasteiger partial charge in [0.1, 0.15) is 11.4 Å². The van der Waals surface area contributed by atoms with Crippen LogP contribution in [0.2, 0.25) is 0 Å². The smallest absolute Gasteiger partial charge is 0.356 e. The van der Waals surface area contributed by atoms with Gasteiger partial charge in [0.15, 0.2) is 0 Å². The van der Waals surface area contributed by atoms with Gasteiger partial charge in [-0.05, 0) is 34.1 Å². The molecule has 118 valence electrons. The molecule has 2 aromatic rings. The SMILES string of the molecule is COC(=O)c1cccc(C(=O)Nc2ccc([N+](=O)[O-])cc2Br)n1. The molecule has 0 atom stereocenters. The van der Waals surface area contributed by atoms with Crippen LogP contribution in [0.4, 0.5) is 11.4 Å². The van der Waals surface area contributed by atoms with Crippen molar-refractivity contribution in [2.24, 2.45) is 0 Å². The van der Waals surface area contributed by atoms with Crippen molar-refractivity contribution in [3.8, 4) is 0 Å². The Hall–Kier alpha value is -2.81. The predicted molar refractivity (Wildman–Crippen MR) is 84.3 cm³/mol. The van der Waals surface area contributed by atoms with E-state index in [4.69, 9.17) is 0 Å². The highest BCUT2D eigenvalue weighted by atomic mass is 79.9. The molecule has 1 aromatic carbocycles. The topological polar surface area (TPSA) is 111 Å². The molecule has 0 bridgehead atoms. The number of aromatic nitrogens is 1. The minimum Gasteiger partial charge on any atom is -0.464 e. The molecule has 0 aliphatic rings. The summed E-state index contributed by atoms with van der Waals surface area (Å²) in [7, 11) is 1.21. The number of pyridine rings is 1. The van der Waals surface area contributed by atoms with Crippen molar-refractivity contribution in [3.05, 3.63) is 62.4 Å². The summed E-state index contributed by atoms with van der Waals surface area (Å²) >= 11 is 3.15. The van der Waals surface area contributed by atoms with Crippen LogP contribution in [-0.2, 0) is 4.74 Å². The standard InChI is InChI=1S/C14H10BrN3O5/c1-23-14(20)12-4-2-3-11(16-12)13(19)17-10-6-5-8(18(21)22)7-9(10)15/h2-7H,1H3,(H,17,19). The number of nitro benzene ring substituents is 1. The molecule has 0 saturated heterocycles. The van der Waals surface area contributed by atoms with Gasteiger partial charge < -0.3 is 10.1 Å². The van der Waals surface area contributed by atoms with Gasteiger partial charge in [0.2, 0.25) is 0 Å². The Morgan fingerprint density at radius 2 is 1.96 bits per heavy atom. The Bertz CT molecular complexity index is 794. The number of non-ortho nitro benzene ring substituents is 1. The van der Waals surface area contributed by atoms with Crippen molar-refractivity contribution in [1.29, 1.82) is 0 Å². The van der Waals surface area contributed by atoms with Crippen LogP contribution in [0.1, 0.15) is 21.0 Å². The molecule has 0 unspecified atom stereocenters. The Labute approximate surface area is 138 Å². The molecule has 0 radical (unpaired) electrons. The quantitative estimate of drug-likeness (QED) is 0.496. The van der Waals surface area contributed by atoms with Crippen LogP contribution < -0.4 is 5.32 Å².